The lowest BCUT2D eigenvalue weighted by Crippen LogP contribution is -2.49. The Bertz CT molecular complexity index is 486. The molecule has 1 aliphatic rings. The minimum atomic E-state index is -4.34. The third-order valence-electron chi connectivity index (χ3n) is 3.39. The van der Waals surface area contributed by atoms with Crippen LogP contribution < -0.4 is 10.1 Å². The van der Waals surface area contributed by atoms with Crippen molar-refractivity contribution in [2.75, 3.05) is 32.8 Å². The Morgan fingerprint density at radius 2 is 1.87 bits per heavy atom. The monoisotopic (exact) mass is 438 g/mol. The van der Waals surface area contributed by atoms with Gasteiger partial charge in [-0.15, -0.1) is 24.8 Å². The zero-order chi connectivity index (χ0) is 15.5. The van der Waals surface area contributed by atoms with Crippen molar-refractivity contribution in [2.24, 2.45) is 0 Å². The molecule has 1 aliphatic heterocycles. The Morgan fingerprint density at radius 1 is 1.26 bits per heavy atom. The molecule has 3 nitrogen and oxygen atoms in total. The Balaban J connectivity index is 0.00000242. The highest BCUT2D eigenvalue weighted by Crippen LogP contribution is 2.42. The highest BCUT2D eigenvalue weighted by atomic mass is 79.9. The summed E-state index contributed by atoms with van der Waals surface area (Å²) in [6.45, 7) is 3.94. The van der Waals surface area contributed by atoms with Crippen LogP contribution in [-0.2, 0) is 0 Å². The number of benzene rings is 1. The summed E-state index contributed by atoms with van der Waals surface area (Å²) in [5.74, 6) is 0.293. The Morgan fingerprint density at radius 3 is 2.39 bits per heavy atom. The summed E-state index contributed by atoms with van der Waals surface area (Å²) in [5.41, 5.74) is 0.167. The normalized spacial score (nSPS) is 16.9. The second-order valence-corrected chi connectivity index (χ2v) is 5.76. The molecule has 0 aliphatic carbocycles. The summed E-state index contributed by atoms with van der Waals surface area (Å²) in [7, 11) is 0. The molecule has 0 saturated carbocycles. The summed E-state index contributed by atoms with van der Waals surface area (Å²) >= 11 is 3.25. The number of rotatable bonds is 4. The molecule has 134 valence electrons. The molecule has 9 heteroatoms. The molecule has 1 fully saturated rings. The highest BCUT2D eigenvalue weighted by Gasteiger charge is 2.46. The molecule has 1 atom stereocenters. The highest BCUT2D eigenvalue weighted by molar-refractivity contribution is 9.10. The van der Waals surface area contributed by atoms with Crippen LogP contribution in [-0.4, -0.2) is 43.9 Å². The number of piperazine rings is 1. The van der Waals surface area contributed by atoms with E-state index in [2.05, 4.69) is 21.2 Å². The van der Waals surface area contributed by atoms with E-state index < -0.39 is 12.2 Å². The van der Waals surface area contributed by atoms with Gasteiger partial charge in [-0.1, -0.05) is 15.9 Å². The van der Waals surface area contributed by atoms with Crippen molar-refractivity contribution in [3.8, 4) is 5.75 Å². The second-order valence-electron chi connectivity index (χ2n) is 4.85. The molecule has 0 amide bonds. The first-order valence-electron chi connectivity index (χ1n) is 6.87. The van der Waals surface area contributed by atoms with Crippen molar-refractivity contribution in [1.29, 1.82) is 0 Å². The summed E-state index contributed by atoms with van der Waals surface area (Å²) in [5, 5.41) is 3.07. The van der Waals surface area contributed by atoms with Crippen LogP contribution >= 0.6 is 40.7 Å². The zero-order valence-electron chi connectivity index (χ0n) is 12.5. The van der Waals surface area contributed by atoms with Gasteiger partial charge in [-0.25, -0.2) is 0 Å². The third kappa shape index (κ3) is 5.98. The zero-order valence-corrected chi connectivity index (χ0v) is 15.7. The van der Waals surface area contributed by atoms with Crippen molar-refractivity contribution in [1.82, 2.24) is 10.2 Å². The van der Waals surface area contributed by atoms with Crippen molar-refractivity contribution in [3.63, 3.8) is 0 Å². The number of ether oxygens (including phenoxy) is 1. The second kappa shape index (κ2) is 9.93. The SMILES string of the molecule is CCOc1ccc(Br)cc1[C@H](N1CCNCC1)C(F)(F)F.Cl.Cl. The quantitative estimate of drug-likeness (QED) is 0.760. The first-order chi connectivity index (χ1) is 9.93. The van der Waals surface area contributed by atoms with Crippen molar-refractivity contribution < 1.29 is 17.9 Å². The Hall–Kier alpha value is -0.210. The largest absolute Gasteiger partial charge is 0.494 e. The van der Waals surface area contributed by atoms with Crippen molar-refractivity contribution >= 4 is 40.7 Å². The van der Waals surface area contributed by atoms with E-state index in [0.29, 0.717) is 43.0 Å². The molecule has 1 N–H and O–H groups in total. The number of hydrogen-bond acceptors (Lipinski definition) is 3. The molecule has 1 saturated heterocycles. The average Bonchev–Trinajstić information content (AvgIpc) is 2.42. The van der Waals surface area contributed by atoms with Gasteiger partial charge >= 0.3 is 6.18 Å². The van der Waals surface area contributed by atoms with Gasteiger partial charge in [0, 0.05) is 36.2 Å². The van der Waals surface area contributed by atoms with E-state index in [0.717, 1.165) is 0 Å². The van der Waals surface area contributed by atoms with Crippen LogP contribution in [0.4, 0.5) is 13.2 Å². The number of halogens is 6. The topological polar surface area (TPSA) is 24.5 Å². The van der Waals surface area contributed by atoms with Crippen LogP contribution in [0.15, 0.2) is 22.7 Å². The summed E-state index contributed by atoms with van der Waals surface area (Å²) < 4.78 is 46.8. The molecule has 0 bridgehead atoms. The summed E-state index contributed by atoms with van der Waals surface area (Å²) in [6.07, 6.45) is -4.34. The van der Waals surface area contributed by atoms with Crippen LogP contribution in [0.2, 0.25) is 0 Å². The molecule has 0 radical (unpaired) electrons. The third-order valence-corrected chi connectivity index (χ3v) is 3.89. The molecule has 0 unspecified atom stereocenters. The standard InChI is InChI=1S/C14H18BrF3N2O.2ClH/c1-2-21-12-4-3-10(15)9-11(12)13(14(16,17)18)20-7-5-19-6-8-20;;/h3-4,9,13,19H,2,5-8H2,1H3;2*1H/t13-;;/m0../s1. The molecule has 0 aromatic heterocycles. The maximum absolute atomic E-state index is 13.6. The predicted octanol–water partition coefficient (Wildman–Crippen LogP) is 4.20. The molecule has 1 aromatic carbocycles. The van der Waals surface area contributed by atoms with Gasteiger partial charge in [0.15, 0.2) is 0 Å². The van der Waals surface area contributed by atoms with Crippen molar-refractivity contribution in [2.45, 2.75) is 19.1 Å². The fraction of sp³-hybridized carbons (Fsp3) is 0.571. The molecule has 1 heterocycles. The maximum Gasteiger partial charge on any atom is 0.408 e. The van der Waals surface area contributed by atoms with Crippen LogP contribution in [0.3, 0.4) is 0 Å². The van der Waals surface area contributed by atoms with Gasteiger partial charge in [0.2, 0.25) is 0 Å². The fourth-order valence-electron chi connectivity index (χ4n) is 2.54. The van der Waals surface area contributed by atoms with Gasteiger partial charge in [-0.3, -0.25) is 4.90 Å². The molecule has 0 spiro atoms. The minimum Gasteiger partial charge on any atom is -0.494 e. The minimum absolute atomic E-state index is 0. The Labute approximate surface area is 154 Å². The maximum atomic E-state index is 13.6. The smallest absolute Gasteiger partial charge is 0.408 e. The van der Waals surface area contributed by atoms with Crippen LogP contribution in [0.1, 0.15) is 18.5 Å². The predicted molar refractivity (Wildman–Crippen MR) is 93.0 cm³/mol. The molecule has 1 aromatic rings. The number of nitrogens with zero attached hydrogens (tertiary/aromatic N) is 1. The molecule has 23 heavy (non-hydrogen) atoms. The van der Waals surface area contributed by atoms with Gasteiger partial charge in [0.05, 0.1) is 6.61 Å². The van der Waals surface area contributed by atoms with E-state index in [-0.39, 0.29) is 30.4 Å². The van der Waals surface area contributed by atoms with Crippen molar-refractivity contribution in [3.05, 3.63) is 28.2 Å². The summed E-state index contributed by atoms with van der Waals surface area (Å²) in [4.78, 5) is 1.46. The van der Waals surface area contributed by atoms with E-state index in [1.165, 1.54) is 11.0 Å². The molecular weight excluding hydrogens is 420 g/mol. The molecular formula is C14H20BrCl2F3N2O. The van der Waals surface area contributed by atoms with E-state index in [1.807, 2.05) is 0 Å². The van der Waals surface area contributed by atoms with Gasteiger partial charge in [0.1, 0.15) is 11.8 Å². The fourth-order valence-corrected chi connectivity index (χ4v) is 2.92. The van der Waals surface area contributed by atoms with Gasteiger partial charge in [0.25, 0.3) is 0 Å². The van der Waals surface area contributed by atoms with E-state index in [1.54, 1.807) is 19.1 Å². The van der Waals surface area contributed by atoms with Gasteiger partial charge in [-0.05, 0) is 25.1 Å². The molecule has 2 rings (SSSR count). The van der Waals surface area contributed by atoms with E-state index in [9.17, 15) is 13.2 Å². The Kier molecular flexibility index (Phi) is 9.84. The first-order valence-corrected chi connectivity index (χ1v) is 7.66. The first kappa shape index (κ1) is 22.8. The van der Waals surface area contributed by atoms with Crippen LogP contribution in [0.25, 0.3) is 0 Å². The number of nitrogens with one attached hydrogen (secondary N) is 1. The lowest BCUT2D eigenvalue weighted by molar-refractivity contribution is -0.188. The number of alkyl halides is 3. The summed E-state index contributed by atoms with van der Waals surface area (Å²) in [6, 6.07) is 3.15. The van der Waals surface area contributed by atoms with Gasteiger partial charge < -0.3 is 10.1 Å². The van der Waals surface area contributed by atoms with Gasteiger partial charge in [-0.2, -0.15) is 13.2 Å². The average molecular weight is 440 g/mol. The number of hydrogen-bond donors (Lipinski definition) is 1. The van der Waals surface area contributed by atoms with Crippen LogP contribution in [0, 0.1) is 0 Å². The lowest BCUT2D eigenvalue weighted by atomic mass is 10.0. The van der Waals surface area contributed by atoms with Crippen LogP contribution in [0.5, 0.6) is 5.75 Å². The lowest BCUT2D eigenvalue weighted by Gasteiger charge is -2.36. The van der Waals surface area contributed by atoms with E-state index in [4.69, 9.17) is 4.74 Å². The van der Waals surface area contributed by atoms with E-state index >= 15 is 0 Å².